The molecule has 0 radical (unpaired) electrons. The van der Waals surface area contributed by atoms with Gasteiger partial charge in [-0.2, -0.15) is 0 Å². The van der Waals surface area contributed by atoms with Crippen LogP contribution >= 0.6 is 57.9 Å². The molecule has 0 aromatic rings. The number of hydrogen-bond acceptors (Lipinski definition) is 0. The van der Waals surface area contributed by atoms with E-state index in [1.807, 2.05) is 0 Å². The summed E-state index contributed by atoms with van der Waals surface area (Å²) in [5, 5.41) is 0. The third-order valence-electron chi connectivity index (χ3n) is 3.17. The monoisotopic (exact) mass is 484 g/mol. The Morgan fingerprint density at radius 2 is 1.42 bits per heavy atom. The van der Waals surface area contributed by atoms with Gasteiger partial charge in [0, 0.05) is 0 Å². The van der Waals surface area contributed by atoms with Crippen molar-refractivity contribution >= 4 is 65.7 Å². The van der Waals surface area contributed by atoms with Crippen molar-refractivity contribution in [2.24, 2.45) is 11.8 Å². The molecule has 70 valence electrons. The number of alkyl halides is 1. The van der Waals surface area contributed by atoms with Gasteiger partial charge in [-0.05, 0) is 0 Å². The maximum absolute atomic E-state index is 3.95. The van der Waals surface area contributed by atoms with Gasteiger partial charge >= 0.3 is 106 Å². The predicted molar refractivity (Wildman–Crippen MR) is 69.6 cm³/mol. The van der Waals surface area contributed by atoms with Crippen LogP contribution < -0.4 is 0 Å². The maximum atomic E-state index is 3.95. The molecule has 0 saturated heterocycles. The fourth-order valence-electron chi connectivity index (χ4n) is 2.47. The van der Waals surface area contributed by atoms with Crippen LogP contribution in [0.1, 0.15) is 25.7 Å². The Kier molecular flexibility index (Phi) is 3.19. The summed E-state index contributed by atoms with van der Waals surface area (Å²) in [7, 11) is -2.02. The van der Waals surface area contributed by atoms with Crippen molar-refractivity contribution < 1.29 is 0 Å². The second-order valence-electron chi connectivity index (χ2n) is 3.76. The van der Waals surface area contributed by atoms with Crippen LogP contribution in [-0.4, -0.2) is 10.9 Å². The second-order valence-corrected chi connectivity index (χ2v) is 45.6. The normalized spacial score (nSPS) is 47.0. The van der Waals surface area contributed by atoms with Gasteiger partial charge in [-0.25, -0.2) is 0 Å². The molecule has 0 bridgehead atoms. The van der Waals surface area contributed by atoms with Crippen molar-refractivity contribution in [3.05, 3.63) is 0 Å². The minimum absolute atomic E-state index is 0.434. The number of halogens is 4. The molecule has 2 rings (SSSR count). The molecule has 2 saturated carbocycles. The van der Waals surface area contributed by atoms with Gasteiger partial charge in [0.15, 0.2) is 0 Å². The molecule has 2 unspecified atom stereocenters. The molecule has 0 aromatic carbocycles. The van der Waals surface area contributed by atoms with Gasteiger partial charge in [0.1, 0.15) is 0 Å². The summed E-state index contributed by atoms with van der Waals surface area (Å²) in [6.45, 7) is 0. The Morgan fingerprint density at radius 3 is 1.75 bits per heavy atom. The van der Waals surface area contributed by atoms with E-state index in [9.17, 15) is 0 Å². The SMILES string of the molecule is Br[C]1([Ge]([Br])([Br])[Br])C2CCCCC21. The van der Waals surface area contributed by atoms with Gasteiger partial charge in [0.05, 0.1) is 0 Å². The molecule has 5 heteroatoms. The molecule has 12 heavy (non-hydrogen) atoms. The third-order valence-corrected chi connectivity index (χ3v) is 29.3. The van der Waals surface area contributed by atoms with E-state index in [-0.39, 0.29) is 0 Å². The summed E-state index contributed by atoms with van der Waals surface area (Å²) in [6.07, 6.45) is 5.71. The van der Waals surface area contributed by atoms with E-state index < -0.39 is 7.74 Å². The second kappa shape index (κ2) is 3.49. The quantitative estimate of drug-likeness (QED) is 0.376. The summed E-state index contributed by atoms with van der Waals surface area (Å²) in [4.78, 5) is 0. The Hall–Kier alpha value is 2.46. The first kappa shape index (κ1) is 11.0. The van der Waals surface area contributed by atoms with Gasteiger partial charge in [0.25, 0.3) is 0 Å². The Balaban J connectivity index is 2.15. The zero-order chi connectivity index (χ0) is 8.98. The van der Waals surface area contributed by atoms with E-state index in [0.717, 1.165) is 11.8 Å². The van der Waals surface area contributed by atoms with E-state index in [0.29, 0.717) is 3.16 Å². The Bertz CT molecular complexity index is 188. The van der Waals surface area contributed by atoms with E-state index in [4.69, 9.17) is 0 Å². The van der Waals surface area contributed by atoms with Crippen molar-refractivity contribution in [2.45, 2.75) is 28.8 Å². The van der Waals surface area contributed by atoms with Crippen LogP contribution in [0.15, 0.2) is 0 Å². The van der Waals surface area contributed by atoms with Crippen molar-refractivity contribution in [2.75, 3.05) is 0 Å². The molecule has 0 heterocycles. The zero-order valence-corrected chi connectivity index (χ0v) is 14.9. The van der Waals surface area contributed by atoms with Crippen molar-refractivity contribution in [1.82, 2.24) is 0 Å². The van der Waals surface area contributed by atoms with Crippen LogP contribution in [0.25, 0.3) is 0 Å². The summed E-state index contributed by atoms with van der Waals surface area (Å²) >= 11 is 15.4. The first-order valence-electron chi connectivity index (χ1n) is 4.23. The van der Waals surface area contributed by atoms with Gasteiger partial charge < -0.3 is 0 Å². The topological polar surface area (TPSA) is 0 Å². The average molecular weight is 486 g/mol. The molecule has 2 fully saturated rings. The van der Waals surface area contributed by atoms with E-state index in [1.54, 1.807) is 0 Å². The third kappa shape index (κ3) is 1.55. The Labute approximate surface area is 105 Å². The van der Waals surface area contributed by atoms with Crippen molar-refractivity contribution in [3.63, 3.8) is 0 Å². The van der Waals surface area contributed by atoms with E-state index in [2.05, 4.69) is 57.9 Å². The number of rotatable bonds is 1. The molecule has 2 atom stereocenters. The van der Waals surface area contributed by atoms with Crippen molar-refractivity contribution in [3.8, 4) is 0 Å². The summed E-state index contributed by atoms with van der Waals surface area (Å²) in [5.74, 6) is 1.87. The standard InChI is InChI=1S/C7H10Br4Ge/c8-7(12(9,10)11)5-3-1-2-4-6(5)7/h5-6H,1-4H2. The average Bonchev–Trinajstić information content (AvgIpc) is 2.59. The fraction of sp³-hybridized carbons (Fsp3) is 1.00. The van der Waals surface area contributed by atoms with Gasteiger partial charge in [-0.3, -0.25) is 0 Å². The molecule has 0 N–H and O–H groups in total. The van der Waals surface area contributed by atoms with Crippen molar-refractivity contribution in [1.29, 1.82) is 0 Å². The van der Waals surface area contributed by atoms with E-state index >= 15 is 0 Å². The summed E-state index contributed by atoms with van der Waals surface area (Å²) < 4.78 is 0.434. The van der Waals surface area contributed by atoms with E-state index in [1.165, 1.54) is 25.7 Å². The minimum atomic E-state index is -2.02. The fourth-order valence-corrected chi connectivity index (χ4v) is 15.6. The molecule has 0 nitrogen and oxygen atoms in total. The van der Waals surface area contributed by atoms with Crippen LogP contribution in [0.4, 0.5) is 0 Å². The van der Waals surface area contributed by atoms with Gasteiger partial charge in [-0.1, -0.05) is 0 Å². The molecular weight excluding hydrogens is 476 g/mol. The molecular formula is C7H10Br4Ge. The molecule has 0 aliphatic heterocycles. The molecule has 0 amide bonds. The number of hydrogen-bond donors (Lipinski definition) is 0. The molecule has 0 aromatic heterocycles. The summed E-state index contributed by atoms with van der Waals surface area (Å²) in [6, 6.07) is 0. The first-order chi connectivity index (χ1) is 5.48. The van der Waals surface area contributed by atoms with Crippen LogP contribution in [0.5, 0.6) is 0 Å². The summed E-state index contributed by atoms with van der Waals surface area (Å²) in [5.41, 5.74) is 0. The van der Waals surface area contributed by atoms with Crippen LogP contribution in [0.3, 0.4) is 0 Å². The van der Waals surface area contributed by atoms with Crippen LogP contribution in [0.2, 0.25) is 0 Å². The van der Waals surface area contributed by atoms with Crippen LogP contribution in [-0.2, 0) is 0 Å². The van der Waals surface area contributed by atoms with Gasteiger partial charge in [0.2, 0.25) is 0 Å². The van der Waals surface area contributed by atoms with Crippen LogP contribution in [0, 0.1) is 11.8 Å². The first-order valence-corrected chi connectivity index (χ1v) is 20.8. The van der Waals surface area contributed by atoms with Gasteiger partial charge in [-0.15, -0.1) is 0 Å². The predicted octanol–water partition coefficient (Wildman–Crippen LogP) is 4.60. The molecule has 2 aliphatic rings. The molecule has 2 aliphatic carbocycles. The Morgan fingerprint density at radius 1 is 1.00 bits per heavy atom. The zero-order valence-electron chi connectivity index (χ0n) is 6.49. The number of fused-ring (bicyclic) bond motifs is 1. The molecule has 0 spiro atoms.